The minimum atomic E-state index is -0.376. The minimum absolute atomic E-state index is 0.160. The van der Waals surface area contributed by atoms with Crippen molar-refractivity contribution in [1.82, 2.24) is 4.98 Å². The number of thiazole rings is 1. The Labute approximate surface area is 155 Å². The van der Waals surface area contributed by atoms with Crippen LogP contribution in [0, 0.1) is 23.7 Å². The molecule has 0 unspecified atom stereocenters. The first kappa shape index (κ1) is 17.3. The van der Waals surface area contributed by atoms with Gasteiger partial charge in [-0.3, -0.25) is 10.8 Å². The quantitative estimate of drug-likeness (QED) is 0.362. The molecule has 0 bridgehead atoms. The fourth-order valence-corrected chi connectivity index (χ4v) is 3.30. The summed E-state index contributed by atoms with van der Waals surface area (Å²) in [6.07, 6.45) is 0. The third-order valence-corrected chi connectivity index (χ3v) is 4.63. The molecule has 1 heterocycles. The molecule has 0 spiro atoms. The molecule has 0 radical (unpaired) electrons. The molecule has 0 aliphatic rings. The molecule has 0 amide bonds. The van der Waals surface area contributed by atoms with E-state index in [2.05, 4.69) is 17.5 Å². The summed E-state index contributed by atoms with van der Waals surface area (Å²) in [7, 11) is 0. The summed E-state index contributed by atoms with van der Waals surface area (Å²) in [5, 5.41) is 20.9. The van der Waals surface area contributed by atoms with Crippen molar-refractivity contribution < 1.29 is 0 Å². The van der Waals surface area contributed by atoms with Crippen LogP contribution in [0.3, 0.4) is 0 Å². The third-order valence-electron chi connectivity index (χ3n) is 3.61. The first-order chi connectivity index (χ1) is 12.6. The van der Waals surface area contributed by atoms with Gasteiger partial charge in [0, 0.05) is 16.0 Å². The van der Waals surface area contributed by atoms with Gasteiger partial charge in [-0.05, 0) is 19.1 Å². The summed E-state index contributed by atoms with van der Waals surface area (Å²) in [5.74, 6) is -0.376. The SMILES string of the molecule is Cc1sc(-c2cccc(N/N=C(\C#N)C(=N)N)c2)nc1-c1ccccc1. The summed E-state index contributed by atoms with van der Waals surface area (Å²) in [6, 6.07) is 19.4. The van der Waals surface area contributed by atoms with Gasteiger partial charge in [-0.2, -0.15) is 10.4 Å². The molecule has 0 aliphatic heterocycles. The van der Waals surface area contributed by atoms with Gasteiger partial charge in [-0.1, -0.05) is 42.5 Å². The van der Waals surface area contributed by atoms with Crippen LogP contribution in [0.15, 0.2) is 59.7 Å². The summed E-state index contributed by atoms with van der Waals surface area (Å²) in [5.41, 5.74) is 11.6. The number of anilines is 1. The van der Waals surface area contributed by atoms with E-state index >= 15 is 0 Å². The molecule has 0 saturated heterocycles. The number of hydrogen-bond donors (Lipinski definition) is 3. The molecule has 0 atom stereocenters. The number of aryl methyl sites for hydroxylation is 1. The molecule has 3 aromatic rings. The highest BCUT2D eigenvalue weighted by Crippen LogP contribution is 2.33. The number of hydrogen-bond acceptors (Lipinski definition) is 6. The van der Waals surface area contributed by atoms with Crippen LogP contribution in [0.1, 0.15) is 4.88 Å². The summed E-state index contributed by atoms with van der Waals surface area (Å²) >= 11 is 1.62. The van der Waals surface area contributed by atoms with Gasteiger partial charge in [0.05, 0.1) is 11.4 Å². The van der Waals surface area contributed by atoms with Crippen LogP contribution < -0.4 is 11.2 Å². The Morgan fingerprint density at radius 3 is 2.62 bits per heavy atom. The van der Waals surface area contributed by atoms with Crippen molar-refractivity contribution in [3.63, 3.8) is 0 Å². The van der Waals surface area contributed by atoms with Crippen LogP contribution in [-0.2, 0) is 0 Å². The molecule has 0 saturated carbocycles. The van der Waals surface area contributed by atoms with Crippen LogP contribution in [-0.4, -0.2) is 16.5 Å². The molecule has 0 fully saturated rings. The minimum Gasteiger partial charge on any atom is -0.382 e. The number of aromatic nitrogens is 1. The second-order valence-corrected chi connectivity index (χ2v) is 6.67. The number of nitriles is 1. The van der Waals surface area contributed by atoms with Crippen LogP contribution in [0.2, 0.25) is 0 Å². The molecule has 7 heteroatoms. The van der Waals surface area contributed by atoms with E-state index in [0.717, 1.165) is 26.7 Å². The lowest BCUT2D eigenvalue weighted by atomic mass is 10.1. The Morgan fingerprint density at radius 2 is 1.92 bits per heavy atom. The van der Waals surface area contributed by atoms with E-state index in [9.17, 15) is 0 Å². The number of amidine groups is 1. The van der Waals surface area contributed by atoms with Gasteiger partial charge in [0.25, 0.3) is 0 Å². The fraction of sp³-hybridized carbons (Fsp3) is 0.0526. The summed E-state index contributed by atoms with van der Waals surface area (Å²) in [6.45, 7) is 2.06. The number of benzene rings is 2. The maximum atomic E-state index is 8.90. The molecule has 128 valence electrons. The lowest BCUT2D eigenvalue weighted by Crippen LogP contribution is -2.21. The third kappa shape index (κ3) is 3.77. The van der Waals surface area contributed by atoms with Crippen molar-refractivity contribution in [2.75, 3.05) is 5.43 Å². The molecule has 6 nitrogen and oxygen atoms in total. The standard InChI is InChI=1S/C19H16N6S/c1-12-17(13-6-3-2-4-7-13)23-19(26-12)14-8-5-9-15(10-14)24-25-16(11-20)18(21)22/h2-10,24H,1H3,(H3,21,22)/b25-16+. The number of hydrazone groups is 1. The Hall–Kier alpha value is -3.50. The van der Waals surface area contributed by atoms with E-state index in [1.54, 1.807) is 17.4 Å². The van der Waals surface area contributed by atoms with Crippen molar-refractivity contribution in [1.29, 1.82) is 10.7 Å². The molecular weight excluding hydrogens is 344 g/mol. The Bertz CT molecular complexity index is 1010. The van der Waals surface area contributed by atoms with Crippen molar-refractivity contribution in [2.45, 2.75) is 6.92 Å². The van der Waals surface area contributed by atoms with E-state index < -0.39 is 0 Å². The second kappa shape index (κ2) is 7.59. The molecule has 3 rings (SSSR count). The second-order valence-electron chi connectivity index (χ2n) is 5.47. The zero-order valence-electron chi connectivity index (χ0n) is 14.0. The lowest BCUT2D eigenvalue weighted by molar-refractivity contribution is 1.33. The lowest BCUT2D eigenvalue weighted by Gasteiger charge is -2.03. The van der Waals surface area contributed by atoms with Gasteiger partial charge >= 0.3 is 0 Å². The Balaban J connectivity index is 1.90. The van der Waals surface area contributed by atoms with Crippen molar-refractivity contribution in [2.24, 2.45) is 10.8 Å². The van der Waals surface area contributed by atoms with E-state index in [1.165, 1.54) is 0 Å². The first-order valence-electron chi connectivity index (χ1n) is 7.80. The van der Waals surface area contributed by atoms with Gasteiger partial charge in [0.2, 0.25) is 5.71 Å². The zero-order chi connectivity index (χ0) is 18.5. The van der Waals surface area contributed by atoms with Gasteiger partial charge in [0.15, 0.2) is 5.84 Å². The molecule has 2 aromatic carbocycles. The van der Waals surface area contributed by atoms with Gasteiger partial charge < -0.3 is 5.73 Å². The Kier molecular flexibility index (Phi) is 5.06. The molecule has 0 aliphatic carbocycles. The van der Waals surface area contributed by atoms with Gasteiger partial charge in [0.1, 0.15) is 11.1 Å². The average molecular weight is 360 g/mol. The van der Waals surface area contributed by atoms with Crippen molar-refractivity contribution in [3.8, 4) is 27.9 Å². The van der Waals surface area contributed by atoms with Crippen LogP contribution in [0.5, 0.6) is 0 Å². The number of nitrogens with two attached hydrogens (primary N) is 1. The van der Waals surface area contributed by atoms with Gasteiger partial charge in [-0.25, -0.2) is 4.98 Å². The highest BCUT2D eigenvalue weighted by atomic mass is 32.1. The summed E-state index contributed by atoms with van der Waals surface area (Å²) in [4.78, 5) is 5.92. The van der Waals surface area contributed by atoms with E-state index in [-0.39, 0.29) is 11.5 Å². The van der Waals surface area contributed by atoms with Crippen LogP contribution >= 0.6 is 11.3 Å². The van der Waals surface area contributed by atoms with E-state index in [4.69, 9.17) is 21.4 Å². The van der Waals surface area contributed by atoms with E-state index in [0.29, 0.717) is 5.69 Å². The highest BCUT2D eigenvalue weighted by Gasteiger charge is 2.11. The average Bonchev–Trinajstić information content (AvgIpc) is 3.05. The molecule has 4 N–H and O–H groups in total. The molecule has 1 aromatic heterocycles. The smallest absolute Gasteiger partial charge is 0.201 e. The largest absolute Gasteiger partial charge is 0.382 e. The predicted octanol–water partition coefficient (Wildman–Crippen LogP) is 4.01. The summed E-state index contributed by atoms with van der Waals surface area (Å²) < 4.78 is 0. The first-order valence-corrected chi connectivity index (χ1v) is 8.61. The number of rotatable bonds is 5. The molecule has 26 heavy (non-hydrogen) atoms. The highest BCUT2D eigenvalue weighted by molar-refractivity contribution is 7.15. The Morgan fingerprint density at radius 1 is 1.19 bits per heavy atom. The fourth-order valence-electron chi connectivity index (χ4n) is 2.37. The predicted molar refractivity (Wildman–Crippen MR) is 106 cm³/mol. The topological polar surface area (TPSA) is 111 Å². The van der Waals surface area contributed by atoms with E-state index in [1.807, 2.05) is 54.6 Å². The monoisotopic (exact) mass is 360 g/mol. The van der Waals surface area contributed by atoms with Crippen molar-refractivity contribution in [3.05, 3.63) is 59.5 Å². The van der Waals surface area contributed by atoms with Gasteiger partial charge in [-0.15, -0.1) is 11.3 Å². The number of nitrogens with one attached hydrogen (secondary N) is 2. The normalized spacial score (nSPS) is 11.0. The maximum absolute atomic E-state index is 8.90. The maximum Gasteiger partial charge on any atom is 0.201 e. The van der Waals surface area contributed by atoms with Crippen molar-refractivity contribution >= 4 is 28.6 Å². The van der Waals surface area contributed by atoms with Crippen LogP contribution in [0.4, 0.5) is 5.69 Å². The van der Waals surface area contributed by atoms with Crippen LogP contribution in [0.25, 0.3) is 21.8 Å². The zero-order valence-corrected chi connectivity index (χ0v) is 14.8. The molecular formula is C19H16N6S. The number of nitrogens with zero attached hydrogens (tertiary/aromatic N) is 3.